The van der Waals surface area contributed by atoms with Crippen molar-refractivity contribution in [1.82, 2.24) is 4.90 Å². The van der Waals surface area contributed by atoms with E-state index in [1.807, 2.05) is 0 Å². The maximum Gasteiger partial charge on any atom is 0.334 e. The summed E-state index contributed by atoms with van der Waals surface area (Å²) in [5.74, 6) is -2.80. The summed E-state index contributed by atoms with van der Waals surface area (Å²) < 4.78 is 5.04. The molecule has 0 radical (unpaired) electrons. The standard InChI is InChI=1S/C14H8ClNO5/c15-7-5-10(21-6-7)11(14(19)20)16-12(17)8-3-1-2-4-9(8)13(16)18/h1-6,11H,(H,19,20). The number of carboxylic acid groups (broad SMARTS) is 1. The molecule has 0 bridgehead atoms. The lowest BCUT2D eigenvalue weighted by atomic mass is 10.1. The van der Waals surface area contributed by atoms with Crippen LogP contribution < -0.4 is 0 Å². The summed E-state index contributed by atoms with van der Waals surface area (Å²) in [7, 11) is 0. The topological polar surface area (TPSA) is 87.8 Å². The molecule has 0 aliphatic carbocycles. The number of hydrogen-bond acceptors (Lipinski definition) is 4. The molecule has 2 amide bonds. The van der Waals surface area contributed by atoms with Gasteiger partial charge in [-0.15, -0.1) is 0 Å². The van der Waals surface area contributed by atoms with E-state index in [1.165, 1.54) is 18.2 Å². The van der Waals surface area contributed by atoms with Crippen molar-refractivity contribution < 1.29 is 23.9 Å². The van der Waals surface area contributed by atoms with Gasteiger partial charge >= 0.3 is 5.97 Å². The smallest absolute Gasteiger partial charge is 0.334 e. The third kappa shape index (κ3) is 2.00. The molecule has 1 aliphatic heterocycles. The minimum Gasteiger partial charge on any atom is -0.479 e. The first kappa shape index (κ1) is 13.4. The molecule has 0 fully saturated rings. The number of carbonyl (C=O) groups excluding carboxylic acids is 2. The van der Waals surface area contributed by atoms with E-state index in [-0.39, 0.29) is 21.9 Å². The van der Waals surface area contributed by atoms with Crippen molar-refractivity contribution in [3.05, 3.63) is 58.5 Å². The molecule has 0 saturated carbocycles. The number of amides is 2. The number of imide groups is 1. The van der Waals surface area contributed by atoms with Gasteiger partial charge in [-0.25, -0.2) is 4.79 Å². The second kappa shape index (κ2) is 4.75. The molecule has 21 heavy (non-hydrogen) atoms. The number of aliphatic carboxylic acids is 1. The summed E-state index contributed by atoms with van der Waals surface area (Å²) in [6.45, 7) is 0. The molecule has 106 valence electrons. The summed E-state index contributed by atoms with van der Waals surface area (Å²) in [6, 6.07) is 5.88. The average Bonchev–Trinajstić information content (AvgIpc) is 2.97. The minimum absolute atomic E-state index is 0.0815. The fourth-order valence-electron chi connectivity index (χ4n) is 2.27. The van der Waals surface area contributed by atoms with Gasteiger partial charge in [0, 0.05) is 6.07 Å². The molecule has 1 unspecified atom stereocenters. The second-order valence-electron chi connectivity index (χ2n) is 4.43. The summed E-state index contributed by atoms with van der Waals surface area (Å²) in [6.07, 6.45) is 1.14. The summed E-state index contributed by atoms with van der Waals surface area (Å²) >= 11 is 5.70. The average molecular weight is 306 g/mol. The number of nitrogens with zero attached hydrogens (tertiary/aromatic N) is 1. The normalized spacial score (nSPS) is 15.2. The number of fused-ring (bicyclic) bond motifs is 1. The van der Waals surface area contributed by atoms with E-state index in [9.17, 15) is 19.5 Å². The van der Waals surface area contributed by atoms with Crippen molar-refractivity contribution >= 4 is 29.4 Å². The molecule has 0 saturated heterocycles. The van der Waals surface area contributed by atoms with E-state index in [4.69, 9.17) is 16.0 Å². The highest BCUT2D eigenvalue weighted by Crippen LogP contribution is 2.33. The van der Waals surface area contributed by atoms with Crippen molar-refractivity contribution in [1.29, 1.82) is 0 Å². The Morgan fingerprint density at radius 1 is 1.19 bits per heavy atom. The van der Waals surface area contributed by atoms with Crippen LogP contribution in [0.3, 0.4) is 0 Å². The molecule has 0 spiro atoms. The molecule has 3 rings (SSSR count). The predicted octanol–water partition coefficient (Wildman–Crippen LogP) is 2.35. The van der Waals surface area contributed by atoms with Crippen LogP contribution in [0.2, 0.25) is 5.02 Å². The van der Waals surface area contributed by atoms with Crippen LogP contribution in [0.1, 0.15) is 32.5 Å². The Labute approximate surface area is 123 Å². The monoisotopic (exact) mass is 305 g/mol. The van der Waals surface area contributed by atoms with Gasteiger partial charge in [-0.05, 0) is 12.1 Å². The van der Waals surface area contributed by atoms with E-state index in [0.717, 1.165) is 6.26 Å². The van der Waals surface area contributed by atoms with Crippen LogP contribution in [0.15, 0.2) is 41.0 Å². The SMILES string of the molecule is O=C(O)C(c1cc(Cl)co1)N1C(=O)c2ccccc2C1=O. The van der Waals surface area contributed by atoms with Gasteiger partial charge in [-0.1, -0.05) is 23.7 Å². The highest BCUT2D eigenvalue weighted by atomic mass is 35.5. The maximum absolute atomic E-state index is 12.3. The van der Waals surface area contributed by atoms with Gasteiger partial charge < -0.3 is 9.52 Å². The molecule has 1 atom stereocenters. The van der Waals surface area contributed by atoms with Crippen molar-refractivity contribution in [2.45, 2.75) is 6.04 Å². The van der Waals surface area contributed by atoms with Crippen LogP contribution in [-0.2, 0) is 4.79 Å². The lowest BCUT2D eigenvalue weighted by molar-refractivity contribution is -0.142. The molecular formula is C14H8ClNO5. The highest BCUT2D eigenvalue weighted by Gasteiger charge is 2.44. The van der Waals surface area contributed by atoms with Gasteiger partial charge in [0.25, 0.3) is 11.8 Å². The van der Waals surface area contributed by atoms with Crippen LogP contribution in [0.5, 0.6) is 0 Å². The van der Waals surface area contributed by atoms with Crippen molar-refractivity contribution in [3.63, 3.8) is 0 Å². The lowest BCUT2D eigenvalue weighted by Gasteiger charge is -2.20. The van der Waals surface area contributed by atoms with Gasteiger partial charge in [-0.2, -0.15) is 0 Å². The van der Waals surface area contributed by atoms with Crippen LogP contribution >= 0.6 is 11.6 Å². The zero-order chi connectivity index (χ0) is 15.1. The first-order valence-corrected chi connectivity index (χ1v) is 6.32. The molecule has 7 heteroatoms. The fraction of sp³-hybridized carbons (Fsp3) is 0.0714. The van der Waals surface area contributed by atoms with Crippen molar-refractivity contribution in [3.8, 4) is 0 Å². The lowest BCUT2D eigenvalue weighted by Crippen LogP contribution is -2.38. The highest BCUT2D eigenvalue weighted by molar-refractivity contribution is 6.30. The largest absolute Gasteiger partial charge is 0.479 e. The molecule has 1 aromatic carbocycles. The number of carboxylic acids is 1. The quantitative estimate of drug-likeness (QED) is 0.879. The van der Waals surface area contributed by atoms with Gasteiger partial charge in [-0.3, -0.25) is 14.5 Å². The maximum atomic E-state index is 12.3. The third-order valence-electron chi connectivity index (χ3n) is 3.17. The number of hydrogen-bond donors (Lipinski definition) is 1. The Bertz CT molecular complexity index is 731. The van der Waals surface area contributed by atoms with E-state index in [1.54, 1.807) is 12.1 Å². The van der Waals surface area contributed by atoms with E-state index >= 15 is 0 Å². The van der Waals surface area contributed by atoms with Crippen molar-refractivity contribution in [2.75, 3.05) is 0 Å². The molecule has 1 N–H and O–H groups in total. The zero-order valence-electron chi connectivity index (χ0n) is 10.4. The van der Waals surface area contributed by atoms with E-state index in [0.29, 0.717) is 4.90 Å². The number of carbonyl (C=O) groups is 3. The molecule has 1 aliphatic rings. The van der Waals surface area contributed by atoms with E-state index in [2.05, 4.69) is 0 Å². The van der Waals surface area contributed by atoms with Crippen LogP contribution in [0.25, 0.3) is 0 Å². The Morgan fingerprint density at radius 2 is 1.76 bits per heavy atom. The third-order valence-corrected chi connectivity index (χ3v) is 3.37. The number of furan rings is 1. The molecule has 6 nitrogen and oxygen atoms in total. The Balaban J connectivity index is 2.09. The number of rotatable bonds is 3. The molecule has 1 aromatic heterocycles. The second-order valence-corrected chi connectivity index (χ2v) is 4.87. The Morgan fingerprint density at radius 3 is 2.19 bits per heavy atom. The number of benzene rings is 1. The van der Waals surface area contributed by atoms with Crippen LogP contribution in [0.4, 0.5) is 0 Å². The zero-order valence-corrected chi connectivity index (χ0v) is 11.2. The molecule has 2 aromatic rings. The predicted molar refractivity (Wildman–Crippen MR) is 71.0 cm³/mol. The Kier molecular flexibility index (Phi) is 3.03. The van der Waals surface area contributed by atoms with Gasteiger partial charge in [0.1, 0.15) is 12.0 Å². The fourth-order valence-corrected chi connectivity index (χ4v) is 2.43. The van der Waals surface area contributed by atoms with Crippen LogP contribution in [0, 0.1) is 0 Å². The first-order valence-electron chi connectivity index (χ1n) is 5.94. The van der Waals surface area contributed by atoms with Gasteiger partial charge in [0.15, 0.2) is 6.04 Å². The molecule has 2 heterocycles. The summed E-state index contributed by atoms with van der Waals surface area (Å²) in [5.41, 5.74) is 0.345. The first-order chi connectivity index (χ1) is 10.0. The van der Waals surface area contributed by atoms with Crippen molar-refractivity contribution in [2.24, 2.45) is 0 Å². The van der Waals surface area contributed by atoms with Gasteiger partial charge in [0.2, 0.25) is 0 Å². The van der Waals surface area contributed by atoms with E-state index < -0.39 is 23.8 Å². The van der Waals surface area contributed by atoms with Gasteiger partial charge in [0.05, 0.1) is 16.1 Å². The molecular weight excluding hydrogens is 298 g/mol. The Hall–Kier alpha value is -2.60. The minimum atomic E-state index is -1.55. The summed E-state index contributed by atoms with van der Waals surface area (Å²) in [4.78, 5) is 36.8. The summed E-state index contributed by atoms with van der Waals surface area (Å²) in [5, 5.41) is 9.55. The number of halogens is 1. The van der Waals surface area contributed by atoms with Crippen LogP contribution in [-0.4, -0.2) is 27.8 Å².